The maximum Gasteiger partial charge on any atom is 0.0238 e. The lowest BCUT2D eigenvalue weighted by atomic mass is 9.97. The van der Waals surface area contributed by atoms with Gasteiger partial charge in [-0.05, 0) is 42.2 Å². The van der Waals surface area contributed by atoms with Gasteiger partial charge < -0.3 is 0 Å². The number of hydrogen-bond donors (Lipinski definition) is 0. The minimum Gasteiger partial charge on any atom is -0.121 e. The molecule has 1 aliphatic rings. The molecule has 16 heavy (non-hydrogen) atoms. The van der Waals surface area contributed by atoms with Gasteiger partial charge in [0.15, 0.2) is 0 Å². The van der Waals surface area contributed by atoms with E-state index in [0.717, 1.165) is 5.75 Å². The van der Waals surface area contributed by atoms with Crippen molar-refractivity contribution in [1.29, 1.82) is 0 Å². The van der Waals surface area contributed by atoms with Gasteiger partial charge in [-0.1, -0.05) is 35.9 Å². The first-order chi connectivity index (χ1) is 7.74. The van der Waals surface area contributed by atoms with Crippen molar-refractivity contribution in [3.05, 3.63) is 53.1 Å². The molecule has 3 rings (SSSR count). The third kappa shape index (κ3) is 1.56. The molecule has 1 heterocycles. The van der Waals surface area contributed by atoms with Crippen molar-refractivity contribution in [2.24, 2.45) is 0 Å². The third-order valence-electron chi connectivity index (χ3n) is 3.07. The van der Waals surface area contributed by atoms with E-state index in [2.05, 4.69) is 50.2 Å². The van der Waals surface area contributed by atoms with Crippen LogP contribution in [0.3, 0.4) is 0 Å². The van der Waals surface area contributed by atoms with E-state index in [0.29, 0.717) is 0 Å². The molecule has 1 aliphatic heterocycles. The SMILES string of the molecule is Cc1ccc2c(c1)CSc1cc(C)ccc1-2. The predicted molar refractivity (Wildman–Crippen MR) is 70.9 cm³/mol. The number of fused-ring (bicyclic) bond motifs is 3. The Morgan fingerprint density at radius 2 is 1.56 bits per heavy atom. The molecule has 0 amide bonds. The number of hydrogen-bond acceptors (Lipinski definition) is 1. The van der Waals surface area contributed by atoms with Crippen LogP contribution in [0.25, 0.3) is 11.1 Å². The number of rotatable bonds is 0. The van der Waals surface area contributed by atoms with E-state index < -0.39 is 0 Å². The van der Waals surface area contributed by atoms with Gasteiger partial charge in [0.2, 0.25) is 0 Å². The van der Waals surface area contributed by atoms with Gasteiger partial charge in [0.05, 0.1) is 0 Å². The van der Waals surface area contributed by atoms with Crippen LogP contribution in [0, 0.1) is 13.8 Å². The molecule has 0 fully saturated rings. The van der Waals surface area contributed by atoms with Gasteiger partial charge in [0.25, 0.3) is 0 Å². The van der Waals surface area contributed by atoms with Crippen LogP contribution in [0.15, 0.2) is 41.3 Å². The highest BCUT2D eigenvalue weighted by Gasteiger charge is 2.15. The largest absolute Gasteiger partial charge is 0.121 e. The maximum atomic E-state index is 2.31. The van der Waals surface area contributed by atoms with E-state index in [1.165, 1.54) is 32.7 Å². The van der Waals surface area contributed by atoms with Crippen LogP contribution < -0.4 is 0 Å². The van der Waals surface area contributed by atoms with Gasteiger partial charge in [0, 0.05) is 10.6 Å². The van der Waals surface area contributed by atoms with Crippen molar-refractivity contribution in [3.63, 3.8) is 0 Å². The first kappa shape index (κ1) is 9.98. The van der Waals surface area contributed by atoms with Crippen LogP contribution in [-0.4, -0.2) is 0 Å². The van der Waals surface area contributed by atoms with Crippen LogP contribution in [0.1, 0.15) is 16.7 Å². The first-order valence-corrected chi connectivity index (χ1v) is 6.56. The summed E-state index contributed by atoms with van der Waals surface area (Å²) in [6, 6.07) is 13.5. The molecule has 0 aliphatic carbocycles. The molecule has 2 aromatic carbocycles. The number of aryl methyl sites for hydroxylation is 2. The Morgan fingerprint density at radius 1 is 0.875 bits per heavy atom. The molecule has 0 bridgehead atoms. The quantitative estimate of drug-likeness (QED) is 0.633. The first-order valence-electron chi connectivity index (χ1n) is 5.57. The molecule has 0 spiro atoms. The van der Waals surface area contributed by atoms with Crippen molar-refractivity contribution in [3.8, 4) is 11.1 Å². The van der Waals surface area contributed by atoms with Crippen LogP contribution >= 0.6 is 11.8 Å². The monoisotopic (exact) mass is 226 g/mol. The zero-order valence-electron chi connectivity index (χ0n) is 9.58. The third-order valence-corrected chi connectivity index (χ3v) is 4.18. The molecule has 0 unspecified atom stereocenters. The number of thioether (sulfide) groups is 1. The summed E-state index contributed by atoms with van der Waals surface area (Å²) in [4.78, 5) is 1.43. The van der Waals surface area contributed by atoms with Crippen molar-refractivity contribution in [2.45, 2.75) is 24.5 Å². The average molecular weight is 226 g/mol. The highest BCUT2D eigenvalue weighted by Crippen LogP contribution is 2.41. The normalized spacial score (nSPS) is 13.1. The lowest BCUT2D eigenvalue weighted by Gasteiger charge is -2.20. The molecule has 0 saturated carbocycles. The Labute approximate surface area is 101 Å². The predicted octanol–water partition coefficient (Wildman–Crippen LogP) is 4.58. The summed E-state index contributed by atoms with van der Waals surface area (Å²) < 4.78 is 0. The van der Waals surface area contributed by atoms with Crippen LogP contribution in [-0.2, 0) is 5.75 Å². The highest BCUT2D eigenvalue weighted by atomic mass is 32.2. The minimum absolute atomic E-state index is 1.10. The molecule has 0 nitrogen and oxygen atoms in total. The fourth-order valence-electron chi connectivity index (χ4n) is 2.23. The summed E-state index contributed by atoms with van der Waals surface area (Å²) >= 11 is 1.95. The molecule has 1 heteroatoms. The summed E-state index contributed by atoms with van der Waals surface area (Å²) in [6.07, 6.45) is 0. The standard InChI is InChI=1S/C15H14S/c1-10-3-5-13-12(7-10)9-16-15-8-11(2)4-6-14(13)15/h3-8H,9H2,1-2H3. The van der Waals surface area contributed by atoms with Gasteiger partial charge in [0.1, 0.15) is 0 Å². The summed E-state index contributed by atoms with van der Waals surface area (Å²) in [7, 11) is 0. The van der Waals surface area contributed by atoms with Crippen molar-refractivity contribution in [2.75, 3.05) is 0 Å². The molecule has 0 radical (unpaired) electrons. The zero-order chi connectivity index (χ0) is 11.1. The van der Waals surface area contributed by atoms with E-state index >= 15 is 0 Å². The Morgan fingerprint density at radius 3 is 2.38 bits per heavy atom. The molecule has 0 saturated heterocycles. The molecule has 0 atom stereocenters. The summed E-state index contributed by atoms with van der Waals surface area (Å²) in [5.74, 6) is 1.10. The second kappa shape index (κ2) is 3.67. The van der Waals surface area contributed by atoms with Gasteiger partial charge in [-0.25, -0.2) is 0 Å². The molecule has 0 N–H and O–H groups in total. The maximum absolute atomic E-state index is 2.31. The van der Waals surface area contributed by atoms with Gasteiger partial charge in [-0.2, -0.15) is 0 Å². The smallest absolute Gasteiger partial charge is 0.0238 e. The highest BCUT2D eigenvalue weighted by molar-refractivity contribution is 7.98. The number of benzene rings is 2. The molecule has 80 valence electrons. The van der Waals surface area contributed by atoms with Crippen molar-refractivity contribution < 1.29 is 0 Å². The van der Waals surface area contributed by atoms with E-state index in [4.69, 9.17) is 0 Å². The van der Waals surface area contributed by atoms with E-state index in [1.807, 2.05) is 11.8 Å². The lowest BCUT2D eigenvalue weighted by Crippen LogP contribution is -1.96. The zero-order valence-corrected chi connectivity index (χ0v) is 10.4. The average Bonchev–Trinajstić information content (AvgIpc) is 2.28. The fourth-order valence-corrected chi connectivity index (χ4v) is 3.38. The summed E-state index contributed by atoms with van der Waals surface area (Å²) in [6.45, 7) is 4.32. The second-order valence-electron chi connectivity index (χ2n) is 4.45. The van der Waals surface area contributed by atoms with Crippen molar-refractivity contribution in [1.82, 2.24) is 0 Å². The Hall–Kier alpha value is -1.21. The van der Waals surface area contributed by atoms with Crippen molar-refractivity contribution >= 4 is 11.8 Å². The van der Waals surface area contributed by atoms with Crippen LogP contribution in [0.4, 0.5) is 0 Å². The molecular formula is C15H14S. The molecule has 0 aromatic heterocycles. The Kier molecular flexibility index (Phi) is 2.29. The Balaban J connectivity index is 2.23. The molecular weight excluding hydrogens is 212 g/mol. The second-order valence-corrected chi connectivity index (χ2v) is 5.47. The van der Waals surface area contributed by atoms with E-state index in [-0.39, 0.29) is 0 Å². The van der Waals surface area contributed by atoms with Gasteiger partial charge in [-0.15, -0.1) is 11.8 Å². The molecule has 2 aromatic rings. The van der Waals surface area contributed by atoms with E-state index in [9.17, 15) is 0 Å². The fraction of sp³-hybridized carbons (Fsp3) is 0.200. The Bertz CT molecular complexity index is 504. The summed E-state index contributed by atoms with van der Waals surface area (Å²) in [5, 5.41) is 0. The van der Waals surface area contributed by atoms with E-state index in [1.54, 1.807) is 0 Å². The topological polar surface area (TPSA) is 0 Å². The minimum atomic E-state index is 1.10. The van der Waals surface area contributed by atoms with Gasteiger partial charge >= 0.3 is 0 Å². The summed E-state index contributed by atoms with van der Waals surface area (Å²) in [5.41, 5.74) is 6.99. The van der Waals surface area contributed by atoms with Crippen LogP contribution in [0.2, 0.25) is 0 Å². The van der Waals surface area contributed by atoms with Crippen LogP contribution in [0.5, 0.6) is 0 Å². The van der Waals surface area contributed by atoms with Gasteiger partial charge in [-0.3, -0.25) is 0 Å². The lowest BCUT2D eigenvalue weighted by molar-refractivity contribution is 1.27.